The summed E-state index contributed by atoms with van der Waals surface area (Å²) in [5.41, 5.74) is 5.10. The van der Waals surface area contributed by atoms with Crippen LogP contribution >= 0.6 is 0 Å². The first-order chi connectivity index (χ1) is 5.04. The Bertz CT molecular complexity index is 126. The lowest BCUT2D eigenvalue weighted by atomic mass is 10.3. The van der Waals surface area contributed by atoms with Crippen LogP contribution in [0.2, 0.25) is 0 Å². The molecule has 0 saturated carbocycles. The van der Waals surface area contributed by atoms with Crippen LogP contribution in [0, 0.1) is 0 Å². The summed E-state index contributed by atoms with van der Waals surface area (Å²) in [4.78, 5) is 10.1. The van der Waals surface area contributed by atoms with E-state index in [9.17, 15) is 4.79 Å². The highest BCUT2D eigenvalue weighted by atomic mass is 16.5. The van der Waals surface area contributed by atoms with Crippen molar-refractivity contribution in [3.05, 3.63) is 0 Å². The van der Waals surface area contributed by atoms with Gasteiger partial charge in [0.15, 0.2) is 0 Å². The van der Waals surface area contributed by atoms with Crippen molar-refractivity contribution >= 4 is 5.97 Å². The minimum Gasteiger partial charge on any atom is -0.480 e. The summed E-state index contributed by atoms with van der Waals surface area (Å²) in [7, 11) is 0. The van der Waals surface area contributed by atoms with E-state index in [1.54, 1.807) is 6.92 Å². The predicted octanol–water partition coefficient (Wildman–Crippen LogP) is -1.20. The maximum Gasteiger partial charge on any atom is 0.322 e. The van der Waals surface area contributed by atoms with Crippen molar-refractivity contribution < 1.29 is 19.7 Å². The van der Waals surface area contributed by atoms with E-state index in [2.05, 4.69) is 0 Å². The first-order valence-corrected chi connectivity index (χ1v) is 3.28. The zero-order chi connectivity index (χ0) is 8.85. The van der Waals surface area contributed by atoms with Crippen LogP contribution < -0.4 is 5.73 Å². The van der Waals surface area contributed by atoms with Crippen LogP contribution in [0.4, 0.5) is 0 Å². The molecule has 0 radical (unpaired) electrons. The van der Waals surface area contributed by atoms with Crippen molar-refractivity contribution in [2.24, 2.45) is 5.73 Å². The molecule has 0 bridgehead atoms. The molecule has 0 aliphatic rings. The van der Waals surface area contributed by atoms with Gasteiger partial charge in [0, 0.05) is 0 Å². The van der Waals surface area contributed by atoms with Gasteiger partial charge in [0.2, 0.25) is 0 Å². The van der Waals surface area contributed by atoms with Crippen LogP contribution in [-0.2, 0) is 9.53 Å². The van der Waals surface area contributed by atoms with Gasteiger partial charge in [0.05, 0.1) is 19.3 Å². The molecule has 0 unspecified atom stereocenters. The number of aliphatic hydroxyl groups is 1. The Kier molecular flexibility index (Phi) is 4.76. The molecule has 2 atom stereocenters. The number of ether oxygens (including phenoxy) is 1. The van der Waals surface area contributed by atoms with E-state index >= 15 is 0 Å². The van der Waals surface area contributed by atoms with Gasteiger partial charge in [0.25, 0.3) is 0 Å². The fourth-order valence-corrected chi connectivity index (χ4v) is 0.437. The number of carboxylic acid groups (broad SMARTS) is 1. The van der Waals surface area contributed by atoms with E-state index in [0.29, 0.717) is 0 Å². The van der Waals surface area contributed by atoms with E-state index in [1.807, 2.05) is 0 Å². The zero-order valence-corrected chi connectivity index (χ0v) is 6.36. The Morgan fingerprint density at radius 3 is 2.55 bits per heavy atom. The number of rotatable bonds is 5. The second-order valence-corrected chi connectivity index (χ2v) is 2.33. The monoisotopic (exact) mass is 163 g/mol. The number of hydrogen-bond donors (Lipinski definition) is 3. The van der Waals surface area contributed by atoms with E-state index in [-0.39, 0.29) is 13.2 Å². The molecular formula is C6H13NO4. The molecule has 0 aliphatic carbocycles. The Balaban J connectivity index is 3.31. The molecule has 0 aromatic heterocycles. The highest BCUT2D eigenvalue weighted by Gasteiger charge is 2.11. The second-order valence-electron chi connectivity index (χ2n) is 2.33. The Morgan fingerprint density at radius 1 is 1.64 bits per heavy atom. The van der Waals surface area contributed by atoms with Gasteiger partial charge in [-0.25, -0.2) is 0 Å². The van der Waals surface area contributed by atoms with Crippen LogP contribution in [0.5, 0.6) is 0 Å². The van der Waals surface area contributed by atoms with Crippen LogP contribution in [0.15, 0.2) is 0 Å². The first kappa shape index (κ1) is 10.3. The topological polar surface area (TPSA) is 92.8 Å². The van der Waals surface area contributed by atoms with Crippen molar-refractivity contribution in [2.45, 2.75) is 19.1 Å². The average Bonchev–Trinajstić information content (AvgIpc) is 1.86. The molecule has 0 amide bonds. The van der Waals surface area contributed by atoms with Crippen molar-refractivity contribution in [2.75, 3.05) is 13.2 Å². The highest BCUT2D eigenvalue weighted by Crippen LogP contribution is 1.85. The summed E-state index contributed by atoms with van der Waals surface area (Å²) in [6.45, 7) is 1.59. The zero-order valence-electron chi connectivity index (χ0n) is 6.36. The number of hydrogen-bond acceptors (Lipinski definition) is 4. The average molecular weight is 163 g/mol. The van der Waals surface area contributed by atoms with E-state index in [0.717, 1.165) is 0 Å². The van der Waals surface area contributed by atoms with Gasteiger partial charge < -0.3 is 20.7 Å². The molecular weight excluding hydrogens is 150 g/mol. The van der Waals surface area contributed by atoms with Crippen LogP contribution in [0.3, 0.4) is 0 Å². The van der Waals surface area contributed by atoms with Gasteiger partial charge in [-0.2, -0.15) is 0 Å². The van der Waals surface area contributed by atoms with Gasteiger partial charge in [-0.1, -0.05) is 0 Å². The van der Waals surface area contributed by atoms with Gasteiger partial charge >= 0.3 is 5.97 Å². The number of aliphatic hydroxyl groups excluding tert-OH is 1. The van der Waals surface area contributed by atoms with E-state index < -0.39 is 18.1 Å². The number of nitrogens with two attached hydrogens (primary N) is 1. The standard InChI is InChI=1S/C6H13NO4/c1-4(8)2-11-3-5(7)6(9)10/h4-5,8H,2-3,7H2,1H3,(H,9,10)/t4-,5+/m1/s1. The fraction of sp³-hybridized carbons (Fsp3) is 0.833. The molecule has 0 heterocycles. The normalized spacial score (nSPS) is 15.9. The van der Waals surface area contributed by atoms with E-state index in [4.69, 9.17) is 20.7 Å². The molecule has 5 heteroatoms. The van der Waals surface area contributed by atoms with Crippen LogP contribution in [-0.4, -0.2) is 41.5 Å². The van der Waals surface area contributed by atoms with Gasteiger partial charge in [-0.05, 0) is 6.92 Å². The fourth-order valence-electron chi connectivity index (χ4n) is 0.437. The summed E-state index contributed by atoms with van der Waals surface area (Å²) >= 11 is 0. The molecule has 0 aliphatic heterocycles. The highest BCUT2D eigenvalue weighted by molar-refractivity contribution is 5.73. The minimum atomic E-state index is -1.10. The molecule has 0 rings (SSSR count). The lowest BCUT2D eigenvalue weighted by Crippen LogP contribution is -2.35. The Labute approximate surface area is 64.8 Å². The third-order valence-electron chi connectivity index (χ3n) is 0.974. The van der Waals surface area contributed by atoms with Crippen LogP contribution in [0.25, 0.3) is 0 Å². The summed E-state index contributed by atoms with van der Waals surface area (Å²) in [5.74, 6) is -1.10. The Morgan fingerprint density at radius 2 is 2.18 bits per heavy atom. The van der Waals surface area contributed by atoms with Crippen LogP contribution in [0.1, 0.15) is 6.92 Å². The summed E-state index contributed by atoms with van der Waals surface area (Å²) in [6, 6.07) is -1.01. The third-order valence-corrected chi connectivity index (χ3v) is 0.974. The molecule has 4 N–H and O–H groups in total. The van der Waals surface area contributed by atoms with Gasteiger partial charge in [-0.3, -0.25) is 4.79 Å². The molecule has 0 aromatic rings. The molecule has 66 valence electrons. The van der Waals surface area contributed by atoms with Crippen molar-refractivity contribution in [1.82, 2.24) is 0 Å². The third kappa shape index (κ3) is 5.78. The molecule has 5 nitrogen and oxygen atoms in total. The summed E-state index contributed by atoms with van der Waals surface area (Å²) in [6.07, 6.45) is -0.587. The van der Waals surface area contributed by atoms with Crippen molar-refractivity contribution in [1.29, 1.82) is 0 Å². The molecule has 11 heavy (non-hydrogen) atoms. The van der Waals surface area contributed by atoms with Crippen molar-refractivity contribution in [3.8, 4) is 0 Å². The molecule has 0 fully saturated rings. The Hall–Kier alpha value is -0.650. The maximum atomic E-state index is 10.1. The molecule has 0 aromatic carbocycles. The summed E-state index contributed by atoms with van der Waals surface area (Å²) in [5, 5.41) is 17.0. The minimum absolute atomic E-state index is 0.0692. The predicted molar refractivity (Wildman–Crippen MR) is 38.1 cm³/mol. The quantitative estimate of drug-likeness (QED) is 0.473. The van der Waals surface area contributed by atoms with Gasteiger partial charge in [0.1, 0.15) is 6.04 Å². The largest absolute Gasteiger partial charge is 0.480 e. The number of carboxylic acids is 1. The lowest BCUT2D eigenvalue weighted by molar-refractivity contribution is -0.140. The first-order valence-electron chi connectivity index (χ1n) is 3.28. The van der Waals surface area contributed by atoms with E-state index in [1.165, 1.54) is 0 Å². The number of carbonyl (C=O) groups is 1. The lowest BCUT2D eigenvalue weighted by Gasteiger charge is -2.08. The second kappa shape index (κ2) is 5.06. The smallest absolute Gasteiger partial charge is 0.322 e. The molecule has 0 saturated heterocycles. The van der Waals surface area contributed by atoms with Gasteiger partial charge in [-0.15, -0.1) is 0 Å². The SMILES string of the molecule is C[C@@H](O)COC[C@H](N)C(=O)O. The molecule has 0 spiro atoms. The van der Waals surface area contributed by atoms with Crippen molar-refractivity contribution in [3.63, 3.8) is 0 Å². The number of aliphatic carboxylic acids is 1. The summed E-state index contributed by atoms with van der Waals surface area (Å²) < 4.78 is 4.76. The maximum absolute atomic E-state index is 10.1.